The van der Waals surface area contributed by atoms with Crippen LogP contribution in [0, 0.1) is 0 Å². The number of aromatic nitrogens is 1. The van der Waals surface area contributed by atoms with Gasteiger partial charge in [-0.05, 0) is 29.8 Å². The Labute approximate surface area is 148 Å². The molecule has 1 aromatic heterocycles. The molecule has 0 radical (unpaired) electrons. The van der Waals surface area contributed by atoms with Gasteiger partial charge in [-0.25, -0.2) is 0 Å². The average molecular weight is 365 g/mol. The second-order valence-electron chi connectivity index (χ2n) is 5.77. The molecule has 0 aliphatic heterocycles. The number of benzene rings is 1. The molecule has 0 saturated heterocycles. The molecule has 0 amide bonds. The normalized spacial score (nSPS) is 11.9. The van der Waals surface area contributed by atoms with Gasteiger partial charge in [0.15, 0.2) is 0 Å². The fourth-order valence-corrected chi connectivity index (χ4v) is 3.06. The van der Waals surface area contributed by atoms with Crippen LogP contribution in [0.15, 0.2) is 48.8 Å². The minimum atomic E-state index is -3.49. The maximum Gasteiger partial charge on any atom is 0.310 e. The van der Waals surface area contributed by atoms with Crippen molar-refractivity contribution in [2.24, 2.45) is 0 Å². The van der Waals surface area contributed by atoms with E-state index in [0.717, 1.165) is 19.9 Å². The monoisotopic (exact) mass is 365 g/mol. The molecule has 0 N–H and O–H groups in total. The Balaban J connectivity index is 1.81. The molecule has 0 aliphatic carbocycles. The lowest BCUT2D eigenvalue weighted by Gasteiger charge is -2.21. The Kier molecular flexibility index (Phi) is 6.35. The van der Waals surface area contributed by atoms with E-state index in [1.807, 2.05) is 53.4 Å². The molecule has 0 atom stereocenters. The summed E-state index contributed by atoms with van der Waals surface area (Å²) in [5.41, 5.74) is 1.85. The van der Waals surface area contributed by atoms with Crippen molar-refractivity contribution in [3.8, 4) is 5.69 Å². The van der Waals surface area contributed by atoms with E-state index < -0.39 is 10.2 Å². The van der Waals surface area contributed by atoms with E-state index in [1.54, 1.807) is 0 Å². The van der Waals surface area contributed by atoms with Crippen LogP contribution in [0.3, 0.4) is 0 Å². The van der Waals surface area contributed by atoms with Gasteiger partial charge in [0.05, 0.1) is 6.42 Å². The SMILES string of the molecule is CN(C)S(=O)(=O)N(C)CCOC(=O)Cc1ccc(-n2cccc2)cc1. The second kappa shape index (κ2) is 8.28. The van der Waals surface area contributed by atoms with Crippen LogP contribution in [0.2, 0.25) is 0 Å². The molecule has 0 saturated carbocycles. The number of carbonyl (C=O) groups excluding carboxylic acids is 1. The van der Waals surface area contributed by atoms with E-state index in [-0.39, 0.29) is 25.5 Å². The standard InChI is InChI=1S/C17H23N3O4S/c1-18(2)25(22,23)19(3)12-13-24-17(21)14-15-6-8-16(9-7-15)20-10-4-5-11-20/h4-11H,12-14H2,1-3H3. The number of hydrogen-bond donors (Lipinski definition) is 0. The van der Waals surface area contributed by atoms with Gasteiger partial charge in [-0.3, -0.25) is 4.79 Å². The number of likely N-dealkylation sites (N-methyl/N-ethyl adjacent to an activating group) is 1. The third-order valence-corrected chi connectivity index (χ3v) is 5.61. The summed E-state index contributed by atoms with van der Waals surface area (Å²) in [6, 6.07) is 11.5. The topological polar surface area (TPSA) is 71.9 Å². The molecular formula is C17H23N3O4S. The Bertz CT molecular complexity index is 784. The highest BCUT2D eigenvalue weighted by molar-refractivity contribution is 7.86. The predicted octanol–water partition coefficient (Wildman–Crippen LogP) is 1.30. The van der Waals surface area contributed by atoms with Gasteiger partial charge < -0.3 is 9.30 Å². The first-order valence-electron chi connectivity index (χ1n) is 7.82. The fraction of sp³-hybridized carbons (Fsp3) is 0.353. The van der Waals surface area contributed by atoms with Crippen molar-refractivity contribution in [2.45, 2.75) is 6.42 Å². The van der Waals surface area contributed by atoms with Crippen molar-refractivity contribution in [1.82, 2.24) is 13.2 Å². The summed E-state index contributed by atoms with van der Waals surface area (Å²) in [5.74, 6) is -0.385. The summed E-state index contributed by atoms with van der Waals surface area (Å²) >= 11 is 0. The highest BCUT2D eigenvalue weighted by atomic mass is 32.2. The van der Waals surface area contributed by atoms with E-state index in [9.17, 15) is 13.2 Å². The molecule has 2 rings (SSSR count). The lowest BCUT2D eigenvalue weighted by molar-refractivity contribution is -0.142. The molecule has 2 aromatic rings. The quantitative estimate of drug-likeness (QED) is 0.661. The van der Waals surface area contributed by atoms with Gasteiger partial charge in [-0.2, -0.15) is 17.0 Å². The summed E-state index contributed by atoms with van der Waals surface area (Å²) < 4.78 is 33.0. The molecule has 0 unspecified atom stereocenters. The molecule has 25 heavy (non-hydrogen) atoms. The Morgan fingerprint density at radius 1 is 1.08 bits per heavy atom. The second-order valence-corrected chi connectivity index (χ2v) is 8.02. The molecule has 1 heterocycles. The number of ether oxygens (including phenoxy) is 1. The average Bonchev–Trinajstić information content (AvgIpc) is 3.09. The van der Waals surface area contributed by atoms with Gasteiger partial charge in [-0.15, -0.1) is 0 Å². The van der Waals surface area contributed by atoms with E-state index in [4.69, 9.17) is 4.74 Å². The van der Waals surface area contributed by atoms with Crippen LogP contribution in [0.5, 0.6) is 0 Å². The van der Waals surface area contributed by atoms with Gasteiger partial charge >= 0.3 is 5.97 Å². The van der Waals surface area contributed by atoms with Crippen molar-refractivity contribution in [3.63, 3.8) is 0 Å². The Morgan fingerprint density at radius 3 is 2.24 bits per heavy atom. The van der Waals surface area contributed by atoms with Crippen LogP contribution in [0.25, 0.3) is 5.69 Å². The summed E-state index contributed by atoms with van der Waals surface area (Å²) in [7, 11) is 0.868. The highest BCUT2D eigenvalue weighted by Gasteiger charge is 2.20. The zero-order valence-corrected chi connectivity index (χ0v) is 15.4. The highest BCUT2D eigenvalue weighted by Crippen LogP contribution is 2.11. The van der Waals surface area contributed by atoms with Gasteiger partial charge in [0.1, 0.15) is 6.61 Å². The minimum Gasteiger partial charge on any atom is -0.464 e. The zero-order valence-electron chi connectivity index (χ0n) is 14.6. The summed E-state index contributed by atoms with van der Waals surface area (Å²) in [6.07, 6.45) is 4.04. The summed E-state index contributed by atoms with van der Waals surface area (Å²) in [5, 5.41) is 0. The Hall–Kier alpha value is -2.16. The number of nitrogens with zero attached hydrogens (tertiary/aromatic N) is 3. The predicted molar refractivity (Wildman–Crippen MR) is 95.7 cm³/mol. The molecular weight excluding hydrogens is 342 g/mol. The van der Waals surface area contributed by atoms with Crippen molar-refractivity contribution in [3.05, 3.63) is 54.4 Å². The maximum atomic E-state index is 11.9. The number of rotatable bonds is 8. The zero-order chi connectivity index (χ0) is 18.4. The van der Waals surface area contributed by atoms with Crippen LogP contribution in [-0.2, 0) is 26.2 Å². The number of esters is 1. The van der Waals surface area contributed by atoms with E-state index in [0.29, 0.717) is 0 Å². The fourth-order valence-electron chi connectivity index (χ4n) is 2.19. The Morgan fingerprint density at radius 2 is 1.68 bits per heavy atom. The molecule has 0 aliphatic rings. The smallest absolute Gasteiger partial charge is 0.310 e. The first-order chi connectivity index (χ1) is 11.8. The number of hydrogen-bond acceptors (Lipinski definition) is 4. The van der Waals surface area contributed by atoms with Gasteiger partial charge in [0.25, 0.3) is 10.2 Å². The van der Waals surface area contributed by atoms with E-state index in [1.165, 1.54) is 21.1 Å². The van der Waals surface area contributed by atoms with Crippen LogP contribution >= 0.6 is 0 Å². The minimum absolute atomic E-state index is 0.0177. The molecule has 8 heteroatoms. The molecule has 0 fully saturated rings. The van der Waals surface area contributed by atoms with Gasteiger partial charge in [0.2, 0.25) is 0 Å². The first kappa shape index (κ1) is 19.2. The van der Waals surface area contributed by atoms with E-state index >= 15 is 0 Å². The molecule has 1 aromatic carbocycles. The third-order valence-electron chi connectivity index (χ3n) is 3.71. The van der Waals surface area contributed by atoms with E-state index in [2.05, 4.69) is 0 Å². The van der Waals surface area contributed by atoms with Crippen molar-refractivity contribution < 1.29 is 17.9 Å². The van der Waals surface area contributed by atoms with Crippen molar-refractivity contribution in [2.75, 3.05) is 34.3 Å². The summed E-state index contributed by atoms with van der Waals surface area (Å²) in [4.78, 5) is 11.9. The molecule has 0 bridgehead atoms. The van der Waals surface area contributed by atoms with Crippen LogP contribution in [-0.4, -0.2) is 61.9 Å². The van der Waals surface area contributed by atoms with Crippen molar-refractivity contribution >= 4 is 16.2 Å². The number of carbonyl (C=O) groups is 1. The lowest BCUT2D eigenvalue weighted by Crippen LogP contribution is -2.39. The summed E-state index contributed by atoms with van der Waals surface area (Å²) in [6.45, 7) is 0.128. The molecule has 7 nitrogen and oxygen atoms in total. The molecule has 136 valence electrons. The van der Waals surface area contributed by atoms with Crippen LogP contribution in [0.1, 0.15) is 5.56 Å². The largest absolute Gasteiger partial charge is 0.464 e. The first-order valence-corrected chi connectivity index (χ1v) is 9.22. The van der Waals surface area contributed by atoms with Gasteiger partial charge in [-0.1, -0.05) is 12.1 Å². The molecule has 0 spiro atoms. The van der Waals surface area contributed by atoms with Crippen LogP contribution in [0.4, 0.5) is 0 Å². The van der Waals surface area contributed by atoms with Crippen LogP contribution < -0.4 is 0 Å². The third kappa shape index (κ3) is 5.15. The van der Waals surface area contributed by atoms with Gasteiger partial charge in [0, 0.05) is 45.8 Å². The maximum absolute atomic E-state index is 11.9. The van der Waals surface area contributed by atoms with Crippen molar-refractivity contribution in [1.29, 1.82) is 0 Å². The lowest BCUT2D eigenvalue weighted by atomic mass is 10.1.